The third-order valence-electron chi connectivity index (χ3n) is 3.52. The summed E-state index contributed by atoms with van der Waals surface area (Å²) in [7, 11) is 0. The summed E-state index contributed by atoms with van der Waals surface area (Å²) in [5.41, 5.74) is 0.253. The molecule has 3 rings (SSSR count). The molecule has 0 aliphatic rings. The largest absolute Gasteiger partial charge is 0.460 e. The van der Waals surface area contributed by atoms with Gasteiger partial charge in [-0.05, 0) is 36.8 Å². The summed E-state index contributed by atoms with van der Waals surface area (Å²) in [4.78, 5) is 12.1. The number of amides is 1. The highest BCUT2D eigenvalue weighted by molar-refractivity contribution is 5.93. The fraction of sp³-hybridized carbons (Fsp3) is 0.176. The van der Waals surface area contributed by atoms with Gasteiger partial charge in [0.2, 0.25) is 0 Å². The number of hydrogen-bond acceptors (Lipinski definition) is 3. The predicted octanol–water partition coefficient (Wildman–Crippen LogP) is 3.93. The molecular formula is C17H14F3N3O2. The van der Waals surface area contributed by atoms with E-state index in [0.717, 1.165) is 17.9 Å². The first-order valence-corrected chi connectivity index (χ1v) is 7.39. The molecule has 130 valence electrons. The van der Waals surface area contributed by atoms with Crippen LogP contribution in [0.1, 0.15) is 27.4 Å². The number of carbonyl (C=O) groups is 1. The molecule has 0 unspecified atom stereocenters. The second-order valence-corrected chi connectivity index (χ2v) is 5.46. The van der Waals surface area contributed by atoms with Gasteiger partial charge in [-0.3, -0.25) is 9.89 Å². The number of aryl methyl sites for hydroxylation is 1. The maximum Gasteiger partial charge on any atom is 0.416 e. The van der Waals surface area contributed by atoms with E-state index >= 15 is 0 Å². The van der Waals surface area contributed by atoms with Crippen molar-refractivity contribution in [2.45, 2.75) is 19.6 Å². The van der Waals surface area contributed by atoms with Crippen LogP contribution in [0.4, 0.5) is 13.2 Å². The lowest BCUT2D eigenvalue weighted by molar-refractivity contribution is -0.137. The fourth-order valence-corrected chi connectivity index (χ4v) is 2.27. The molecule has 1 aromatic carbocycles. The van der Waals surface area contributed by atoms with E-state index in [0.29, 0.717) is 17.0 Å². The highest BCUT2D eigenvalue weighted by atomic mass is 19.4. The van der Waals surface area contributed by atoms with E-state index in [9.17, 15) is 18.0 Å². The number of aromatic nitrogens is 2. The van der Waals surface area contributed by atoms with Gasteiger partial charge in [0.25, 0.3) is 5.91 Å². The van der Waals surface area contributed by atoms with Gasteiger partial charge in [0.15, 0.2) is 11.5 Å². The van der Waals surface area contributed by atoms with E-state index in [4.69, 9.17) is 4.42 Å². The second kappa shape index (κ2) is 6.46. The Labute approximate surface area is 140 Å². The Morgan fingerprint density at radius 2 is 2.04 bits per heavy atom. The Bertz CT molecular complexity index is 896. The van der Waals surface area contributed by atoms with E-state index in [1.807, 2.05) is 0 Å². The number of nitrogens with zero attached hydrogens (tertiary/aromatic N) is 1. The van der Waals surface area contributed by atoms with E-state index in [2.05, 4.69) is 15.5 Å². The van der Waals surface area contributed by atoms with Gasteiger partial charge in [0.1, 0.15) is 11.5 Å². The van der Waals surface area contributed by atoms with Gasteiger partial charge >= 0.3 is 6.18 Å². The number of benzene rings is 1. The van der Waals surface area contributed by atoms with Gasteiger partial charge in [0, 0.05) is 12.6 Å². The van der Waals surface area contributed by atoms with E-state index in [1.54, 1.807) is 19.1 Å². The minimum atomic E-state index is -4.42. The first kappa shape index (κ1) is 16.8. The summed E-state index contributed by atoms with van der Waals surface area (Å²) in [6.07, 6.45) is -4.42. The summed E-state index contributed by atoms with van der Waals surface area (Å²) >= 11 is 0. The Morgan fingerprint density at radius 3 is 2.72 bits per heavy atom. The molecule has 2 heterocycles. The fourth-order valence-electron chi connectivity index (χ4n) is 2.27. The van der Waals surface area contributed by atoms with Crippen LogP contribution < -0.4 is 5.32 Å². The molecule has 25 heavy (non-hydrogen) atoms. The third kappa shape index (κ3) is 3.90. The number of carbonyl (C=O) groups excluding carboxylic acids is 1. The van der Waals surface area contributed by atoms with Crippen LogP contribution in [-0.2, 0) is 12.7 Å². The molecule has 0 radical (unpaired) electrons. The molecular weight excluding hydrogens is 335 g/mol. The molecule has 2 N–H and O–H groups in total. The first-order valence-electron chi connectivity index (χ1n) is 7.39. The monoisotopic (exact) mass is 349 g/mol. The van der Waals surface area contributed by atoms with Gasteiger partial charge < -0.3 is 9.73 Å². The topological polar surface area (TPSA) is 70.9 Å². The lowest BCUT2D eigenvalue weighted by Gasteiger charge is -2.09. The Balaban J connectivity index is 1.66. The van der Waals surface area contributed by atoms with E-state index in [-0.39, 0.29) is 12.2 Å². The van der Waals surface area contributed by atoms with Crippen LogP contribution in [-0.4, -0.2) is 16.1 Å². The molecule has 0 fully saturated rings. The number of H-pyrrole nitrogens is 1. The number of alkyl halides is 3. The number of aromatic amines is 1. The van der Waals surface area contributed by atoms with Gasteiger partial charge in [-0.15, -0.1) is 0 Å². The SMILES string of the molecule is Cc1ccc(-c2cc(C(=O)NCc3cccc(C(F)(F)F)c3)n[nH]2)o1. The number of furan rings is 1. The molecule has 0 spiro atoms. The number of nitrogens with one attached hydrogen (secondary N) is 2. The molecule has 2 aromatic heterocycles. The van der Waals surface area contributed by atoms with Crippen molar-refractivity contribution in [3.05, 3.63) is 65.0 Å². The van der Waals surface area contributed by atoms with Gasteiger partial charge in [-0.25, -0.2) is 0 Å². The zero-order valence-electron chi connectivity index (χ0n) is 13.1. The zero-order valence-corrected chi connectivity index (χ0v) is 13.1. The summed E-state index contributed by atoms with van der Waals surface area (Å²) in [6.45, 7) is 1.76. The van der Waals surface area contributed by atoms with Crippen LogP contribution >= 0.6 is 0 Å². The highest BCUT2D eigenvalue weighted by Gasteiger charge is 2.30. The number of rotatable bonds is 4. The molecule has 5 nitrogen and oxygen atoms in total. The van der Waals surface area contributed by atoms with Crippen molar-refractivity contribution in [3.63, 3.8) is 0 Å². The van der Waals surface area contributed by atoms with Gasteiger partial charge in [0.05, 0.1) is 5.56 Å². The molecule has 8 heteroatoms. The summed E-state index contributed by atoms with van der Waals surface area (Å²) in [5, 5.41) is 9.13. The van der Waals surface area contributed by atoms with Crippen LogP contribution in [0.5, 0.6) is 0 Å². The van der Waals surface area contributed by atoms with Crippen LogP contribution in [0.2, 0.25) is 0 Å². The van der Waals surface area contributed by atoms with Gasteiger partial charge in [-0.2, -0.15) is 18.3 Å². The van der Waals surface area contributed by atoms with Crippen LogP contribution in [0.25, 0.3) is 11.5 Å². The Morgan fingerprint density at radius 1 is 1.24 bits per heavy atom. The minimum Gasteiger partial charge on any atom is -0.460 e. The van der Waals surface area contributed by atoms with E-state index in [1.165, 1.54) is 18.2 Å². The van der Waals surface area contributed by atoms with Gasteiger partial charge in [-0.1, -0.05) is 12.1 Å². The highest BCUT2D eigenvalue weighted by Crippen LogP contribution is 2.29. The average molecular weight is 349 g/mol. The maximum atomic E-state index is 12.7. The zero-order chi connectivity index (χ0) is 18.0. The number of halogens is 3. The number of hydrogen-bond donors (Lipinski definition) is 2. The lowest BCUT2D eigenvalue weighted by Crippen LogP contribution is -2.23. The lowest BCUT2D eigenvalue weighted by atomic mass is 10.1. The van der Waals surface area contributed by atoms with Crippen molar-refractivity contribution in [2.24, 2.45) is 0 Å². The van der Waals surface area contributed by atoms with Crippen molar-refractivity contribution < 1.29 is 22.4 Å². The van der Waals surface area contributed by atoms with Crippen molar-refractivity contribution in [3.8, 4) is 11.5 Å². The molecule has 0 saturated heterocycles. The standard InChI is InChI=1S/C17H14F3N3O2/c1-10-5-6-15(25-10)13-8-14(23-22-13)16(24)21-9-11-3-2-4-12(7-11)17(18,19)20/h2-8H,9H2,1H3,(H,21,24)(H,22,23). The second-order valence-electron chi connectivity index (χ2n) is 5.46. The van der Waals surface area contributed by atoms with Crippen molar-refractivity contribution in [1.29, 1.82) is 0 Å². The maximum absolute atomic E-state index is 12.7. The van der Waals surface area contributed by atoms with Crippen molar-refractivity contribution in [2.75, 3.05) is 0 Å². The van der Waals surface area contributed by atoms with Crippen molar-refractivity contribution >= 4 is 5.91 Å². The summed E-state index contributed by atoms with van der Waals surface area (Å²) in [5.74, 6) is 0.769. The quantitative estimate of drug-likeness (QED) is 0.750. The van der Waals surface area contributed by atoms with E-state index < -0.39 is 17.6 Å². The molecule has 0 saturated carbocycles. The predicted molar refractivity (Wildman–Crippen MR) is 83.6 cm³/mol. The van der Waals surface area contributed by atoms with Crippen LogP contribution in [0.15, 0.2) is 46.9 Å². The summed E-state index contributed by atoms with van der Waals surface area (Å²) in [6, 6.07) is 9.84. The normalized spacial score (nSPS) is 11.5. The Hall–Kier alpha value is -3.03. The van der Waals surface area contributed by atoms with Crippen LogP contribution in [0.3, 0.4) is 0 Å². The first-order chi connectivity index (χ1) is 11.8. The molecule has 0 aliphatic heterocycles. The molecule has 1 amide bonds. The van der Waals surface area contributed by atoms with Crippen LogP contribution in [0, 0.1) is 6.92 Å². The smallest absolute Gasteiger partial charge is 0.416 e. The molecule has 0 atom stereocenters. The molecule has 3 aromatic rings. The Kier molecular flexibility index (Phi) is 4.35. The average Bonchev–Trinajstić information content (AvgIpc) is 3.21. The minimum absolute atomic E-state index is 0.0369. The van der Waals surface area contributed by atoms with Crippen molar-refractivity contribution in [1.82, 2.24) is 15.5 Å². The molecule has 0 aliphatic carbocycles. The summed E-state index contributed by atoms with van der Waals surface area (Å²) < 4.78 is 43.5. The molecule has 0 bridgehead atoms. The third-order valence-corrected chi connectivity index (χ3v) is 3.52.